The first-order chi connectivity index (χ1) is 9.19. The lowest BCUT2D eigenvalue weighted by atomic mass is 9.79. The monoisotopic (exact) mass is 264 g/mol. The zero-order valence-electron chi connectivity index (χ0n) is 11.3. The summed E-state index contributed by atoms with van der Waals surface area (Å²) in [5, 5.41) is 18.6. The van der Waals surface area contributed by atoms with Gasteiger partial charge in [-0.2, -0.15) is 0 Å². The van der Waals surface area contributed by atoms with Crippen LogP contribution in [0.15, 0.2) is 30.9 Å². The molecule has 2 N–H and O–H groups in total. The minimum atomic E-state index is -1.56. The first-order valence-corrected chi connectivity index (χ1v) is 6.46. The van der Waals surface area contributed by atoms with Gasteiger partial charge >= 0.3 is 7.12 Å². The lowest BCUT2D eigenvalue weighted by Crippen LogP contribution is -2.31. The second kappa shape index (κ2) is 8.61. The van der Waals surface area contributed by atoms with Crippen LogP contribution in [-0.4, -0.2) is 30.9 Å². The largest absolute Gasteiger partial charge is 0.497 e. The minimum Gasteiger partial charge on any atom is -0.497 e. The molecule has 0 atom stereocenters. The number of benzene rings is 1. The molecule has 0 saturated carbocycles. The summed E-state index contributed by atoms with van der Waals surface area (Å²) in [6, 6.07) is 4.99. The summed E-state index contributed by atoms with van der Waals surface area (Å²) in [6.07, 6.45) is 6.03. The maximum Gasteiger partial charge on any atom is 0.492 e. The smallest absolute Gasteiger partial charge is 0.492 e. The van der Waals surface area contributed by atoms with Crippen LogP contribution in [-0.2, 0) is 0 Å². The Morgan fingerprint density at radius 2 is 2.05 bits per heavy atom. The highest BCUT2D eigenvalue weighted by molar-refractivity contribution is 6.59. The summed E-state index contributed by atoms with van der Waals surface area (Å²) in [5.41, 5.74) is 0.324. The van der Waals surface area contributed by atoms with Crippen molar-refractivity contribution in [3.63, 3.8) is 0 Å². The Morgan fingerprint density at radius 3 is 2.68 bits per heavy atom. The van der Waals surface area contributed by atoms with Crippen LogP contribution in [0.5, 0.6) is 11.5 Å². The van der Waals surface area contributed by atoms with Gasteiger partial charge in [0.05, 0.1) is 13.7 Å². The molecule has 0 spiro atoms. The van der Waals surface area contributed by atoms with E-state index in [1.54, 1.807) is 18.2 Å². The van der Waals surface area contributed by atoms with E-state index in [1.165, 1.54) is 7.11 Å². The fraction of sp³-hybridized carbons (Fsp3) is 0.429. The van der Waals surface area contributed by atoms with Crippen LogP contribution in [0.1, 0.15) is 25.7 Å². The van der Waals surface area contributed by atoms with Crippen molar-refractivity contribution < 1.29 is 19.5 Å². The first-order valence-electron chi connectivity index (χ1n) is 6.46. The van der Waals surface area contributed by atoms with Crippen LogP contribution in [0.2, 0.25) is 0 Å². The van der Waals surface area contributed by atoms with E-state index in [0.717, 1.165) is 25.7 Å². The van der Waals surface area contributed by atoms with E-state index in [4.69, 9.17) is 9.47 Å². The molecule has 0 unspecified atom stereocenters. The minimum absolute atomic E-state index is 0.324. The molecule has 1 aromatic rings. The highest BCUT2D eigenvalue weighted by Crippen LogP contribution is 2.16. The van der Waals surface area contributed by atoms with Crippen molar-refractivity contribution >= 4 is 12.6 Å². The fourth-order valence-corrected chi connectivity index (χ4v) is 1.74. The van der Waals surface area contributed by atoms with E-state index in [0.29, 0.717) is 23.6 Å². The SMILES string of the molecule is C=CCCCCCOc1ccc(OC)cc1B(O)O. The molecule has 1 aromatic carbocycles. The molecule has 0 heterocycles. The van der Waals surface area contributed by atoms with Crippen LogP contribution < -0.4 is 14.9 Å². The molecular weight excluding hydrogens is 243 g/mol. The molecule has 0 aliphatic carbocycles. The molecular formula is C14H21BO4. The molecule has 104 valence electrons. The van der Waals surface area contributed by atoms with Crippen LogP contribution in [0.3, 0.4) is 0 Å². The molecule has 5 heteroatoms. The molecule has 0 aliphatic rings. The van der Waals surface area contributed by atoms with Crippen molar-refractivity contribution in [2.24, 2.45) is 0 Å². The molecule has 0 aromatic heterocycles. The average molecular weight is 264 g/mol. The third-order valence-corrected chi connectivity index (χ3v) is 2.81. The third-order valence-electron chi connectivity index (χ3n) is 2.81. The maximum atomic E-state index is 9.31. The van der Waals surface area contributed by atoms with Crippen molar-refractivity contribution in [2.45, 2.75) is 25.7 Å². The summed E-state index contributed by atoms with van der Waals surface area (Å²) >= 11 is 0. The standard InChI is InChI=1S/C14H21BO4/c1-3-4-5-6-7-10-19-14-9-8-12(18-2)11-13(14)15(16)17/h3,8-9,11,16-17H,1,4-7,10H2,2H3. The molecule has 0 amide bonds. The Balaban J connectivity index is 2.50. The summed E-state index contributed by atoms with van der Waals surface area (Å²) in [6.45, 7) is 4.23. The molecule has 0 radical (unpaired) electrons. The number of methoxy groups -OCH3 is 1. The molecule has 0 aliphatic heterocycles. The Hall–Kier alpha value is -1.46. The van der Waals surface area contributed by atoms with Gasteiger partial charge in [0.15, 0.2) is 0 Å². The second-order valence-corrected chi connectivity index (χ2v) is 4.26. The van der Waals surface area contributed by atoms with Crippen molar-refractivity contribution in [1.82, 2.24) is 0 Å². The Bertz CT molecular complexity index is 393. The Morgan fingerprint density at radius 1 is 1.26 bits per heavy atom. The van der Waals surface area contributed by atoms with Gasteiger partial charge in [0, 0.05) is 5.46 Å². The summed E-state index contributed by atoms with van der Waals surface area (Å²) in [5.74, 6) is 1.06. The van der Waals surface area contributed by atoms with Gasteiger partial charge in [-0.05, 0) is 43.9 Å². The van der Waals surface area contributed by atoms with E-state index in [-0.39, 0.29) is 0 Å². The normalized spacial score (nSPS) is 10.1. The zero-order valence-corrected chi connectivity index (χ0v) is 11.3. The molecule has 19 heavy (non-hydrogen) atoms. The topological polar surface area (TPSA) is 58.9 Å². The van der Waals surface area contributed by atoms with Gasteiger partial charge < -0.3 is 19.5 Å². The lowest BCUT2D eigenvalue weighted by molar-refractivity contribution is 0.305. The first kappa shape index (κ1) is 15.6. The van der Waals surface area contributed by atoms with Gasteiger partial charge in [0.1, 0.15) is 11.5 Å². The molecule has 1 rings (SSSR count). The summed E-state index contributed by atoms with van der Waals surface area (Å²) in [7, 11) is -0.0333. The van der Waals surface area contributed by atoms with Gasteiger partial charge in [-0.3, -0.25) is 0 Å². The summed E-state index contributed by atoms with van der Waals surface area (Å²) in [4.78, 5) is 0. The number of unbranched alkanes of at least 4 members (excludes halogenated alkanes) is 3. The van der Waals surface area contributed by atoms with Crippen molar-refractivity contribution in [3.8, 4) is 11.5 Å². The van der Waals surface area contributed by atoms with Crippen molar-refractivity contribution in [1.29, 1.82) is 0 Å². The lowest BCUT2D eigenvalue weighted by Gasteiger charge is -2.12. The van der Waals surface area contributed by atoms with Gasteiger partial charge in [-0.25, -0.2) is 0 Å². The highest BCUT2D eigenvalue weighted by atomic mass is 16.5. The number of rotatable bonds is 9. The molecule has 0 fully saturated rings. The fourth-order valence-electron chi connectivity index (χ4n) is 1.74. The van der Waals surface area contributed by atoms with Crippen LogP contribution >= 0.6 is 0 Å². The second-order valence-electron chi connectivity index (χ2n) is 4.26. The number of ether oxygens (including phenoxy) is 2. The maximum absolute atomic E-state index is 9.31. The van der Waals surface area contributed by atoms with E-state index >= 15 is 0 Å². The summed E-state index contributed by atoms with van der Waals surface area (Å²) < 4.78 is 10.6. The molecule has 0 saturated heterocycles. The Labute approximate surface area is 114 Å². The Kier molecular flexibility index (Phi) is 7.07. The van der Waals surface area contributed by atoms with Crippen molar-refractivity contribution in [2.75, 3.05) is 13.7 Å². The van der Waals surface area contributed by atoms with E-state index in [2.05, 4.69) is 6.58 Å². The predicted molar refractivity (Wildman–Crippen MR) is 77.0 cm³/mol. The average Bonchev–Trinajstić information content (AvgIpc) is 2.42. The van der Waals surface area contributed by atoms with Crippen LogP contribution in [0.4, 0.5) is 0 Å². The highest BCUT2D eigenvalue weighted by Gasteiger charge is 2.18. The molecule has 4 nitrogen and oxygen atoms in total. The van der Waals surface area contributed by atoms with Gasteiger partial charge in [-0.1, -0.05) is 6.08 Å². The predicted octanol–water partition coefficient (Wildman–Crippen LogP) is 1.50. The van der Waals surface area contributed by atoms with Gasteiger partial charge in [0.25, 0.3) is 0 Å². The van der Waals surface area contributed by atoms with Crippen LogP contribution in [0.25, 0.3) is 0 Å². The van der Waals surface area contributed by atoms with Gasteiger partial charge in [-0.15, -0.1) is 6.58 Å². The number of hydrogen-bond acceptors (Lipinski definition) is 4. The molecule has 0 bridgehead atoms. The quantitative estimate of drug-likeness (QED) is 0.403. The van der Waals surface area contributed by atoms with E-state index in [1.807, 2.05) is 6.08 Å². The third kappa shape index (κ3) is 5.36. The van der Waals surface area contributed by atoms with Crippen molar-refractivity contribution in [3.05, 3.63) is 30.9 Å². The van der Waals surface area contributed by atoms with Gasteiger partial charge in [0.2, 0.25) is 0 Å². The van der Waals surface area contributed by atoms with E-state index < -0.39 is 7.12 Å². The van der Waals surface area contributed by atoms with Crippen LogP contribution in [0, 0.1) is 0 Å². The number of allylic oxidation sites excluding steroid dienone is 1. The number of hydrogen-bond donors (Lipinski definition) is 2. The zero-order chi connectivity index (χ0) is 14.1. The van der Waals surface area contributed by atoms with E-state index in [9.17, 15) is 10.0 Å².